The molecule has 0 unspecified atom stereocenters. The second-order valence-electron chi connectivity index (χ2n) is 3.32. The maximum absolute atomic E-state index is 11.6. The summed E-state index contributed by atoms with van der Waals surface area (Å²) in [5, 5.41) is 4.23. The minimum absolute atomic E-state index is 0.000139. The topological polar surface area (TPSA) is 65.8 Å². The van der Waals surface area contributed by atoms with Crippen LogP contribution in [0.25, 0.3) is 0 Å². The van der Waals surface area contributed by atoms with Crippen molar-refractivity contribution in [1.29, 1.82) is 0 Å². The molecule has 0 atom stereocenters. The first-order valence-corrected chi connectivity index (χ1v) is 4.69. The molecule has 1 aromatic heterocycles. The fourth-order valence-electron chi connectivity index (χ4n) is 1.72. The van der Waals surface area contributed by atoms with E-state index in [1.54, 1.807) is 4.57 Å². The van der Waals surface area contributed by atoms with Crippen LogP contribution in [0.15, 0.2) is 4.79 Å². The monoisotopic (exact) mass is 182 g/mol. The average Bonchev–Trinajstić information content (AvgIpc) is 2.46. The van der Waals surface area contributed by atoms with Crippen LogP contribution in [0.3, 0.4) is 0 Å². The maximum Gasteiger partial charge on any atom is 0.345 e. The highest BCUT2D eigenvalue weighted by molar-refractivity contribution is 4.91. The molecule has 0 aliphatic carbocycles. The molecule has 0 spiro atoms. The van der Waals surface area contributed by atoms with Gasteiger partial charge in [0.1, 0.15) is 5.82 Å². The molecule has 72 valence electrons. The van der Waals surface area contributed by atoms with E-state index >= 15 is 0 Å². The van der Waals surface area contributed by atoms with E-state index in [4.69, 9.17) is 5.73 Å². The Morgan fingerprint density at radius 1 is 1.46 bits per heavy atom. The van der Waals surface area contributed by atoms with Crippen molar-refractivity contribution in [3.63, 3.8) is 0 Å². The zero-order valence-corrected chi connectivity index (χ0v) is 7.57. The van der Waals surface area contributed by atoms with Gasteiger partial charge in [-0.25, -0.2) is 9.48 Å². The molecule has 1 aromatic rings. The van der Waals surface area contributed by atoms with E-state index in [9.17, 15) is 4.79 Å². The molecule has 0 radical (unpaired) electrons. The van der Waals surface area contributed by atoms with Gasteiger partial charge in [-0.1, -0.05) is 0 Å². The number of fused-ring (bicyclic) bond motifs is 1. The van der Waals surface area contributed by atoms with Gasteiger partial charge in [0.2, 0.25) is 0 Å². The van der Waals surface area contributed by atoms with Crippen LogP contribution in [0.1, 0.15) is 18.7 Å². The van der Waals surface area contributed by atoms with Crippen LogP contribution in [-0.2, 0) is 19.5 Å². The van der Waals surface area contributed by atoms with Crippen LogP contribution in [-0.4, -0.2) is 20.9 Å². The van der Waals surface area contributed by atoms with Crippen molar-refractivity contribution >= 4 is 0 Å². The third-order valence-electron chi connectivity index (χ3n) is 2.37. The predicted octanol–water partition coefficient (Wildman–Crippen LogP) is -0.660. The normalized spacial score (nSPS) is 15.8. The van der Waals surface area contributed by atoms with E-state index in [2.05, 4.69) is 5.10 Å². The van der Waals surface area contributed by atoms with E-state index in [1.165, 1.54) is 4.68 Å². The Morgan fingerprint density at radius 2 is 2.31 bits per heavy atom. The number of hydrogen-bond acceptors (Lipinski definition) is 3. The molecule has 0 saturated heterocycles. The largest absolute Gasteiger partial charge is 0.345 e. The number of aryl methyl sites for hydroxylation is 1. The summed E-state index contributed by atoms with van der Waals surface area (Å²) in [5.41, 5.74) is 5.38. The number of rotatable bonds is 2. The lowest BCUT2D eigenvalue weighted by atomic mass is 10.2. The predicted molar refractivity (Wildman–Crippen MR) is 48.5 cm³/mol. The molecule has 2 N–H and O–H groups in total. The zero-order valence-electron chi connectivity index (χ0n) is 7.57. The van der Waals surface area contributed by atoms with Crippen molar-refractivity contribution in [3.8, 4) is 0 Å². The molecule has 0 saturated carbocycles. The average molecular weight is 182 g/mol. The summed E-state index contributed by atoms with van der Waals surface area (Å²) in [5.74, 6) is 0.921. The standard InChI is InChI=1S/C8H14N4O/c9-4-6-12-8(13)11-5-2-1-3-7(11)10-12/h1-6,9H2. The Morgan fingerprint density at radius 3 is 3.00 bits per heavy atom. The van der Waals surface area contributed by atoms with Gasteiger partial charge in [0, 0.05) is 19.5 Å². The van der Waals surface area contributed by atoms with Crippen LogP contribution in [0.4, 0.5) is 0 Å². The van der Waals surface area contributed by atoms with E-state index in [1.807, 2.05) is 0 Å². The van der Waals surface area contributed by atoms with Gasteiger partial charge in [0.25, 0.3) is 0 Å². The molecule has 1 aliphatic rings. The van der Waals surface area contributed by atoms with Gasteiger partial charge in [-0.15, -0.1) is 0 Å². The molecule has 0 aromatic carbocycles. The maximum atomic E-state index is 11.6. The lowest BCUT2D eigenvalue weighted by molar-refractivity contribution is 0.511. The molecule has 2 rings (SSSR count). The summed E-state index contributed by atoms with van der Waals surface area (Å²) >= 11 is 0. The summed E-state index contributed by atoms with van der Waals surface area (Å²) in [4.78, 5) is 11.6. The highest BCUT2D eigenvalue weighted by Crippen LogP contribution is 2.08. The molecular weight excluding hydrogens is 168 g/mol. The van der Waals surface area contributed by atoms with Crippen molar-refractivity contribution in [2.24, 2.45) is 5.73 Å². The van der Waals surface area contributed by atoms with Crippen molar-refractivity contribution in [1.82, 2.24) is 14.3 Å². The van der Waals surface area contributed by atoms with Gasteiger partial charge in [-0.05, 0) is 12.8 Å². The SMILES string of the molecule is NCCn1nc2n(c1=O)CCCC2. The van der Waals surface area contributed by atoms with Crippen LogP contribution >= 0.6 is 0 Å². The smallest absolute Gasteiger partial charge is 0.329 e. The van der Waals surface area contributed by atoms with Crippen molar-refractivity contribution in [3.05, 3.63) is 16.3 Å². The van der Waals surface area contributed by atoms with Crippen LogP contribution in [0.2, 0.25) is 0 Å². The first kappa shape index (κ1) is 8.50. The lowest BCUT2D eigenvalue weighted by Gasteiger charge is -2.09. The van der Waals surface area contributed by atoms with Crippen LogP contribution in [0, 0.1) is 0 Å². The molecule has 0 amide bonds. The van der Waals surface area contributed by atoms with Gasteiger partial charge in [0.05, 0.1) is 6.54 Å². The first-order chi connectivity index (χ1) is 6.33. The van der Waals surface area contributed by atoms with Crippen molar-refractivity contribution in [2.45, 2.75) is 32.4 Å². The third-order valence-corrected chi connectivity index (χ3v) is 2.37. The van der Waals surface area contributed by atoms with Crippen molar-refractivity contribution in [2.75, 3.05) is 6.54 Å². The Hall–Kier alpha value is -1.10. The number of aromatic nitrogens is 3. The Kier molecular flexibility index (Phi) is 2.18. The number of hydrogen-bond donors (Lipinski definition) is 1. The summed E-state index contributed by atoms with van der Waals surface area (Å²) in [6, 6.07) is 0. The quantitative estimate of drug-likeness (QED) is 0.660. The molecular formula is C8H14N4O. The zero-order chi connectivity index (χ0) is 9.26. The van der Waals surface area contributed by atoms with Gasteiger partial charge >= 0.3 is 5.69 Å². The highest BCUT2D eigenvalue weighted by Gasteiger charge is 2.15. The number of nitrogens with two attached hydrogens (primary N) is 1. The summed E-state index contributed by atoms with van der Waals surface area (Å²) in [6.45, 7) is 1.81. The molecule has 0 bridgehead atoms. The second kappa shape index (κ2) is 3.33. The molecule has 0 fully saturated rings. The third kappa shape index (κ3) is 1.39. The van der Waals surface area contributed by atoms with E-state index in [0.717, 1.165) is 31.6 Å². The Bertz CT molecular complexity index is 352. The van der Waals surface area contributed by atoms with E-state index in [0.29, 0.717) is 13.1 Å². The fraction of sp³-hybridized carbons (Fsp3) is 0.750. The number of nitrogens with zero attached hydrogens (tertiary/aromatic N) is 3. The molecule has 5 heteroatoms. The van der Waals surface area contributed by atoms with Crippen molar-refractivity contribution < 1.29 is 0 Å². The van der Waals surface area contributed by atoms with E-state index < -0.39 is 0 Å². The van der Waals surface area contributed by atoms with E-state index in [-0.39, 0.29) is 5.69 Å². The van der Waals surface area contributed by atoms with Gasteiger partial charge in [-0.2, -0.15) is 5.10 Å². The minimum Gasteiger partial charge on any atom is -0.329 e. The van der Waals surface area contributed by atoms with Gasteiger partial charge in [0.15, 0.2) is 0 Å². The minimum atomic E-state index is 0.000139. The molecule has 13 heavy (non-hydrogen) atoms. The Labute approximate surface area is 76.2 Å². The van der Waals surface area contributed by atoms with Gasteiger partial charge < -0.3 is 5.73 Å². The van der Waals surface area contributed by atoms with Gasteiger partial charge in [-0.3, -0.25) is 4.57 Å². The molecule has 5 nitrogen and oxygen atoms in total. The van der Waals surface area contributed by atoms with Crippen LogP contribution < -0.4 is 11.4 Å². The van der Waals surface area contributed by atoms with Crippen LogP contribution in [0.5, 0.6) is 0 Å². The first-order valence-electron chi connectivity index (χ1n) is 4.69. The molecule has 2 heterocycles. The second-order valence-corrected chi connectivity index (χ2v) is 3.32. The highest BCUT2D eigenvalue weighted by atomic mass is 16.2. The summed E-state index contributed by atoms with van der Waals surface area (Å²) < 4.78 is 3.24. The summed E-state index contributed by atoms with van der Waals surface area (Å²) in [6.07, 6.45) is 3.15. The fourth-order valence-corrected chi connectivity index (χ4v) is 1.72. The lowest BCUT2D eigenvalue weighted by Crippen LogP contribution is -2.28. The summed E-state index contributed by atoms with van der Waals surface area (Å²) in [7, 11) is 0. The Balaban J connectivity index is 2.39. The molecule has 1 aliphatic heterocycles.